The second-order valence-corrected chi connectivity index (χ2v) is 7.34. The van der Waals surface area contributed by atoms with Crippen LogP contribution < -0.4 is 0 Å². The molecule has 0 radical (unpaired) electrons. The fourth-order valence-electron chi connectivity index (χ4n) is 4.53. The van der Waals surface area contributed by atoms with Gasteiger partial charge in [0, 0.05) is 0 Å². The predicted octanol–water partition coefficient (Wildman–Crippen LogP) is 5.33. The highest BCUT2D eigenvalue weighted by atomic mass is 16.1. The van der Waals surface area contributed by atoms with Crippen molar-refractivity contribution in [2.45, 2.75) is 11.8 Å². The van der Waals surface area contributed by atoms with Crippen LogP contribution in [0.1, 0.15) is 45.2 Å². The summed E-state index contributed by atoms with van der Waals surface area (Å²) >= 11 is 0. The summed E-state index contributed by atoms with van der Waals surface area (Å²) in [5.41, 5.74) is 7.74. The maximum absolute atomic E-state index is 11.0. The monoisotopic (exact) mass is 388 g/mol. The molecule has 0 saturated heterocycles. The molecule has 2 aliphatic rings. The number of isocyanates is 2. The minimum atomic E-state index is -0.138. The molecule has 0 bridgehead atoms. The number of allylic oxidation sites excluding steroid dienone is 2. The van der Waals surface area contributed by atoms with Crippen LogP contribution in [0.5, 0.6) is 0 Å². The average Bonchev–Trinajstić information content (AvgIpc) is 3.32. The van der Waals surface area contributed by atoms with Gasteiger partial charge < -0.3 is 0 Å². The van der Waals surface area contributed by atoms with E-state index in [2.05, 4.69) is 28.2 Å². The van der Waals surface area contributed by atoms with Crippen LogP contribution >= 0.6 is 0 Å². The van der Waals surface area contributed by atoms with Crippen LogP contribution in [0, 0.1) is 0 Å². The van der Waals surface area contributed by atoms with Gasteiger partial charge in [-0.05, 0) is 45.5 Å². The first kappa shape index (κ1) is 18.0. The van der Waals surface area contributed by atoms with Gasteiger partial charge in [0.05, 0.1) is 23.2 Å². The third kappa shape index (κ3) is 2.89. The van der Waals surface area contributed by atoms with Gasteiger partial charge in [-0.2, -0.15) is 9.98 Å². The minimum absolute atomic E-state index is 0.138. The van der Waals surface area contributed by atoms with E-state index in [1.54, 1.807) is 12.2 Å². The molecule has 0 aliphatic heterocycles. The molecular formula is C26H16N2O2. The second-order valence-electron chi connectivity index (χ2n) is 7.34. The summed E-state index contributed by atoms with van der Waals surface area (Å²) < 4.78 is 0. The van der Waals surface area contributed by atoms with Crippen molar-refractivity contribution >= 4 is 24.3 Å². The van der Waals surface area contributed by atoms with Crippen molar-refractivity contribution in [2.75, 3.05) is 0 Å². The highest BCUT2D eigenvalue weighted by Gasteiger charge is 2.30. The van der Waals surface area contributed by atoms with E-state index in [0.29, 0.717) is 11.4 Å². The maximum Gasteiger partial charge on any atom is 0.240 e. The molecule has 0 aromatic heterocycles. The average molecular weight is 388 g/mol. The zero-order valence-electron chi connectivity index (χ0n) is 15.9. The summed E-state index contributed by atoms with van der Waals surface area (Å²) in [5.74, 6) is -0.275. The minimum Gasteiger partial charge on any atom is -0.211 e. The number of fused-ring (bicyclic) bond motifs is 2. The third-order valence-electron chi connectivity index (χ3n) is 5.74. The number of aliphatic imine (C=N–C) groups is 2. The number of benzene rings is 3. The van der Waals surface area contributed by atoms with Gasteiger partial charge in [-0.25, -0.2) is 9.59 Å². The van der Waals surface area contributed by atoms with E-state index in [1.165, 1.54) is 0 Å². The van der Waals surface area contributed by atoms with Crippen LogP contribution in [0.3, 0.4) is 0 Å². The van der Waals surface area contributed by atoms with Gasteiger partial charge in [-0.15, -0.1) is 0 Å². The summed E-state index contributed by atoms with van der Waals surface area (Å²) in [7, 11) is 0. The molecule has 30 heavy (non-hydrogen) atoms. The number of nitrogens with zero attached hydrogens (tertiary/aromatic N) is 2. The lowest BCUT2D eigenvalue weighted by Crippen LogP contribution is -2.04. The highest BCUT2D eigenvalue weighted by molar-refractivity contribution is 5.72. The number of rotatable bonds is 4. The Morgan fingerprint density at radius 3 is 1.53 bits per heavy atom. The molecule has 2 atom stereocenters. The van der Waals surface area contributed by atoms with Crippen LogP contribution in [-0.4, -0.2) is 12.2 Å². The molecule has 0 saturated carbocycles. The first-order chi connectivity index (χ1) is 14.8. The van der Waals surface area contributed by atoms with Crippen molar-refractivity contribution in [2.24, 2.45) is 9.98 Å². The molecule has 0 spiro atoms. The van der Waals surface area contributed by atoms with Crippen LogP contribution in [0.15, 0.2) is 94.2 Å². The number of hydrogen-bond acceptors (Lipinski definition) is 4. The van der Waals surface area contributed by atoms with Crippen LogP contribution in [-0.2, 0) is 9.59 Å². The van der Waals surface area contributed by atoms with E-state index in [4.69, 9.17) is 0 Å². The topological polar surface area (TPSA) is 58.9 Å². The number of carbonyl (C=O) groups excluding carboxylic acids is 2. The van der Waals surface area contributed by atoms with Crippen molar-refractivity contribution in [3.8, 4) is 0 Å². The Hall–Kier alpha value is -4.10. The van der Waals surface area contributed by atoms with Crippen molar-refractivity contribution in [1.82, 2.24) is 0 Å². The molecular weight excluding hydrogens is 372 g/mol. The van der Waals surface area contributed by atoms with Gasteiger partial charge in [-0.3, -0.25) is 0 Å². The zero-order valence-corrected chi connectivity index (χ0v) is 15.9. The maximum atomic E-state index is 11.0. The Labute approximate surface area is 173 Å². The molecule has 2 aliphatic carbocycles. The predicted molar refractivity (Wildman–Crippen MR) is 115 cm³/mol. The molecule has 3 aromatic carbocycles. The van der Waals surface area contributed by atoms with Gasteiger partial charge in [0.25, 0.3) is 0 Å². The smallest absolute Gasteiger partial charge is 0.211 e. The van der Waals surface area contributed by atoms with Crippen molar-refractivity contribution in [3.05, 3.63) is 118 Å². The first-order valence-electron chi connectivity index (χ1n) is 9.67. The molecule has 4 heteroatoms. The Balaban J connectivity index is 1.63. The van der Waals surface area contributed by atoms with Gasteiger partial charge in [-0.1, -0.05) is 72.8 Å². The van der Waals surface area contributed by atoms with Crippen LogP contribution in [0.2, 0.25) is 0 Å². The largest absolute Gasteiger partial charge is 0.240 e. The van der Waals surface area contributed by atoms with Crippen LogP contribution in [0.4, 0.5) is 0 Å². The standard InChI is InChI=1S/C26H16N2O2/c29-15-27-23-13-17-6-1-3-10-21(17)25(23)19-8-5-9-20(12-19)26-22-11-4-2-7-18(22)14-24(26)28-16-30/h1-14,25-26H. The summed E-state index contributed by atoms with van der Waals surface area (Å²) in [5, 5.41) is 0. The van der Waals surface area contributed by atoms with Gasteiger partial charge in [0.15, 0.2) is 0 Å². The van der Waals surface area contributed by atoms with Crippen LogP contribution in [0.25, 0.3) is 12.2 Å². The Morgan fingerprint density at radius 1 is 0.600 bits per heavy atom. The molecule has 5 rings (SSSR count). The highest BCUT2D eigenvalue weighted by Crippen LogP contribution is 2.45. The summed E-state index contributed by atoms with van der Waals surface area (Å²) in [6.07, 6.45) is 7.25. The fourth-order valence-corrected chi connectivity index (χ4v) is 4.53. The Bertz CT molecular complexity index is 1220. The van der Waals surface area contributed by atoms with E-state index >= 15 is 0 Å². The lowest BCUT2D eigenvalue weighted by atomic mass is 9.86. The molecule has 4 nitrogen and oxygen atoms in total. The van der Waals surface area contributed by atoms with Gasteiger partial charge in [0.1, 0.15) is 0 Å². The molecule has 2 unspecified atom stereocenters. The fraction of sp³-hybridized carbons (Fsp3) is 0.0769. The van der Waals surface area contributed by atoms with Gasteiger partial charge in [0.2, 0.25) is 12.2 Å². The zero-order chi connectivity index (χ0) is 20.5. The summed E-state index contributed by atoms with van der Waals surface area (Å²) in [6, 6.07) is 24.3. The molecule has 3 aromatic rings. The normalized spacial score (nSPS) is 18.4. The third-order valence-corrected chi connectivity index (χ3v) is 5.74. The first-order valence-corrected chi connectivity index (χ1v) is 9.67. The summed E-state index contributed by atoms with van der Waals surface area (Å²) in [6.45, 7) is 0. The van der Waals surface area contributed by atoms with Crippen molar-refractivity contribution < 1.29 is 9.59 Å². The number of hydrogen-bond donors (Lipinski definition) is 0. The quantitative estimate of drug-likeness (QED) is 0.448. The van der Waals surface area contributed by atoms with E-state index in [1.807, 2.05) is 66.7 Å². The Morgan fingerprint density at radius 2 is 1.07 bits per heavy atom. The van der Waals surface area contributed by atoms with E-state index in [9.17, 15) is 9.59 Å². The lowest BCUT2D eigenvalue weighted by molar-refractivity contribution is 0.563. The SMILES string of the molecule is O=C=NC1=Cc2ccccc2C1c1cccc(C2C(N=C=O)=Cc3ccccc32)c1. The molecule has 0 fully saturated rings. The van der Waals surface area contributed by atoms with E-state index in [0.717, 1.165) is 33.4 Å². The van der Waals surface area contributed by atoms with E-state index < -0.39 is 0 Å². The summed E-state index contributed by atoms with van der Waals surface area (Å²) in [4.78, 5) is 30.0. The molecule has 142 valence electrons. The van der Waals surface area contributed by atoms with Crippen molar-refractivity contribution in [3.63, 3.8) is 0 Å². The van der Waals surface area contributed by atoms with Gasteiger partial charge >= 0.3 is 0 Å². The lowest BCUT2D eigenvalue weighted by Gasteiger charge is -2.19. The molecule has 0 N–H and O–H groups in total. The molecule has 0 amide bonds. The Kier molecular flexibility index (Phi) is 4.42. The second kappa shape index (κ2) is 7.38. The van der Waals surface area contributed by atoms with Crippen molar-refractivity contribution in [1.29, 1.82) is 0 Å². The van der Waals surface area contributed by atoms with E-state index in [-0.39, 0.29) is 11.8 Å². The molecule has 0 heterocycles.